The third kappa shape index (κ3) is 4.03. The Balaban J connectivity index is 1.93. The molecule has 0 aromatic heterocycles. The van der Waals surface area contributed by atoms with Gasteiger partial charge in [0.1, 0.15) is 23.9 Å². The van der Waals surface area contributed by atoms with Crippen molar-refractivity contribution < 1.29 is 0 Å². The van der Waals surface area contributed by atoms with Gasteiger partial charge in [0.2, 0.25) is 0 Å². The summed E-state index contributed by atoms with van der Waals surface area (Å²) in [6.45, 7) is 0. The highest BCUT2D eigenvalue weighted by molar-refractivity contribution is 5.63. The van der Waals surface area contributed by atoms with Gasteiger partial charge >= 0.3 is 0 Å². The highest BCUT2D eigenvalue weighted by Gasteiger charge is 2.38. The summed E-state index contributed by atoms with van der Waals surface area (Å²) in [5.41, 5.74) is 4.15. The Morgan fingerprint density at radius 3 is 1.24 bits per heavy atom. The number of anilines is 1. The van der Waals surface area contributed by atoms with E-state index in [0.717, 1.165) is 22.3 Å². The quantitative estimate of drug-likeness (QED) is 0.284. The molecule has 0 bridgehead atoms. The predicted octanol–water partition coefficient (Wildman–Crippen LogP) is 6.31. The molecule has 0 fully saturated rings. The molecule has 0 heterocycles. The molecule has 0 atom stereocenters. The van der Waals surface area contributed by atoms with Gasteiger partial charge in [-0.1, -0.05) is 103 Å². The smallest absolute Gasteiger partial charge is 0.163 e. The molecule has 4 nitrogen and oxygen atoms in total. The summed E-state index contributed by atoms with van der Waals surface area (Å²) in [6.07, 6.45) is 0. The molecule has 0 saturated carbocycles. The third-order valence-electron chi connectivity index (χ3n) is 5.79. The van der Waals surface area contributed by atoms with Gasteiger partial charge in [0.15, 0.2) is 5.57 Å². The van der Waals surface area contributed by atoms with Crippen molar-refractivity contribution in [1.82, 2.24) is 0 Å². The summed E-state index contributed by atoms with van der Waals surface area (Å²) in [6, 6.07) is 44.3. The fourth-order valence-electron chi connectivity index (χ4n) is 4.30. The topological polar surface area (TPSA) is 83.4 Å². The van der Waals surface area contributed by atoms with Crippen LogP contribution in [0.2, 0.25) is 0 Å². The second-order valence-corrected chi connectivity index (χ2v) is 7.64. The van der Waals surface area contributed by atoms with Crippen molar-refractivity contribution in [2.24, 2.45) is 0 Å². The molecule has 0 unspecified atom stereocenters. The fraction of sp³-hybridized carbons (Fsp3) is 0.0333. The highest BCUT2D eigenvalue weighted by atomic mass is 14.9. The first kappa shape index (κ1) is 22.1. The largest absolute Gasteiger partial charge is 0.345 e. The van der Waals surface area contributed by atoms with Crippen LogP contribution in [0.5, 0.6) is 0 Å². The number of rotatable bonds is 6. The van der Waals surface area contributed by atoms with E-state index in [-0.39, 0.29) is 11.3 Å². The van der Waals surface area contributed by atoms with Crippen LogP contribution in [0, 0.1) is 34.0 Å². The zero-order valence-corrected chi connectivity index (χ0v) is 18.3. The maximum Gasteiger partial charge on any atom is 0.163 e. The lowest BCUT2D eigenvalue weighted by Crippen LogP contribution is -2.30. The lowest BCUT2D eigenvalue weighted by Gasteiger charge is -2.37. The summed E-state index contributed by atoms with van der Waals surface area (Å²) in [5.74, 6) is 0. The summed E-state index contributed by atoms with van der Waals surface area (Å²) in [4.78, 5) is 0. The minimum atomic E-state index is -0.569. The van der Waals surface area contributed by atoms with Crippen LogP contribution in [0.1, 0.15) is 22.3 Å². The maximum atomic E-state index is 9.38. The molecule has 1 N–H and O–H groups in total. The van der Waals surface area contributed by atoms with E-state index in [4.69, 9.17) is 10.5 Å². The van der Waals surface area contributed by atoms with Gasteiger partial charge in [-0.15, -0.1) is 0 Å². The van der Waals surface area contributed by atoms with Crippen molar-refractivity contribution in [3.63, 3.8) is 0 Å². The van der Waals surface area contributed by atoms with E-state index in [1.165, 1.54) is 0 Å². The number of nitriles is 3. The third-order valence-corrected chi connectivity index (χ3v) is 5.79. The Morgan fingerprint density at radius 2 is 0.882 bits per heavy atom. The Morgan fingerprint density at radius 1 is 0.500 bits per heavy atom. The fourth-order valence-corrected chi connectivity index (χ4v) is 4.30. The van der Waals surface area contributed by atoms with Crippen LogP contribution in [0.25, 0.3) is 0 Å². The number of hydrogen-bond acceptors (Lipinski definition) is 4. The molecular weight excluding hydrogens is 416 g/mol. The van der Waals surface area contributed by atoms with Gasteiger partial charge < -0.3 is 5.32 Å². The van der Waals surface area contributed by atoms with Gasteiger partial charge in [-0.3, -0.25) is 0 Å². The first-order chi connectivity index (χ1) is 16.7. The summed E-state index contributed by atoms with van der Waals surface area (Å²) in [7, 11) is 0. The first-order valence-electron chi connectivity index (χ1n) is 10.7. The lowest BCUT2D eigenvalue weighted by molar-refractivity contribution is 0.745. The molecular formula is C30H20N4. The second kappa shape index (κ2) is 10.0. The van der Waals surface area contributed by atoms with E-state index in [1.54, 1.807) is 12.1 Å². The number of benzene rings is 4. The van der Waals surface area contributed by atoms with Gasteiger partial charge in [0, 0.05) is 5.69 Å². The van der Waals surface area contributed by atoms with Crippen molar-refractivity contribution >= 4 is 5.69 Å². The Kier molecular flexibility index (Phi) is 6.50. The molecule has 0 radical (unpaired) electrons. The SMILES string of the molecule is N#CC(C#N)=C(C#N)Nc1ccc(C(c2ccccc2)(c2ccccc2)c2ccccc2)cc1. The van der Waals surface area contributed by atoms with Crippen LogP contribution in [0.15, 0.2) is 127 Å². The number of allylic oxidation sites excluding steroid dienone is 2. The minimum Gasteiger partial charge on any atom is -0.345 e. The summed E-state index contributed by atoms with van der Waals surface area (Å²) < 4.78 is 0. The highest BCUT2D eigenvalue weighted by Crippen LogP contribution is 2.45. The van der Waals surface area contributed by atoms with Crippen LogP contribution in [0.3, 0.4) is 0 Å². The molecule has 34 heavy (non-hydrogen) atoms. The number of nitrogens with one attached hydrogen (secondary N) is 1. The summed E-state index contributed by atoms with van der Waals surface area (Å²) >= 11 is 0. The standard InChI is InChI=1S/C30H20N4/c31-20-23(21-32)29(22-33)34-28-18-16-27(17-19-28)30(24-10-4-1-5-11-24,25-12-6-2-7-13-25)26-14-8-3-9-15-26/h1-19,34H. The van der Waals surface area contributed by atoms with E-state index in [1.807, 2.05) is 84.9 Å². The molecule has 160 valence electrons. The van der Waals surface area contributed by atoms with Crippen LogP contribution < -0.4 is 5.32 Å². The number of nitrogens with zero attached hydrogens (tertiary/aromatic N) is 3. The molecule has 0 aliphatic carbocycles. The molecule has 4 heteroatoms. The van der Waals surface area contributed by atoms with E-state index in [2.05, 4.69) is 41.7 Å². The van der Waals surface area contributed by atoms with E-state index < -0.39 is 5.41 Å². The Hall–Kier alpha value is -5.11. The van der Waals surface area contributed by atoms with Crippen LogP contribution in [0.4, 0.5) is 5.69 Å². The predicted molar refractivity (Wildman–Crippen MR) is 132 cm³/mol. The van der Waals surface area contributed by atoms with Crippen molar-refractivity contribution in [3.05, 3.63) is 149 Å². The molecule has 4 rings (SSSR count). The van der Waals surface area contributed by atoms with Crippen molar-refractivity contribution in [2.75, 3.05) is 5.32 Å². The van der Waals surface area contributed by atoms with Gasteiger partial charge in [-0.25, -0.2) is 0 Å². The van der Waals surface area contributed by atoms with Gasteiger partial charge in [-0.05, 0) is 34.4 Å². The van der Waals surface area contributed by atoms with Crippen LogP contribution in [-0.2, 0) is 5.41 Å². The molecule has 0 aliphatic rings. The second-order valence-electron chi connectivity index (χ2n) is 7.64. The van der Waals surface area contributed by atoms with Crippen molar-refractivity contribution in [1.29, 1.82) is 15.8 Å². The molecule has 0 saturated heterocycles. The maximum absolute atomic E-state index is 9.38. The van der Waals surface area contributed by atoms with Gasteiger partial charge in [0.25, 0.3) is 0 Å². The molecule has 4 aromatic rings. The molecule has 0 aliphatic heterocycles. The average Bonchev–Trinajstić information content (AvgIpc) is 2.92. The first-order valence-corrected chi connectivity index (χ1v) is 10.7. The Bertz CT molecular complexity index is 1310. The Labute approximate surface area is 199 Å². The number of hydrogen-bond donors (Lipinski definition) is 1. The summed E-state index contributed by atoms with van der Waals surface area (Å²) in [5, 5.41) is 30.5. The monoisotopic (exact) mass is 436 g/mol. The van der Waals surface area contributed by atoms with E-state index in [9.17, 15) is 5.26 Å². The van der Waals surface area contributed by atoms with Gasteiger partial charge in [0.05, 0.1) is 5.41 Å². The van der Waals surface area contributed by atoms with Crippen LogP contribution >= 0.6 is 0 Å². The van der Waals surface area contributed by atoms with Crippen LogP contribution in [-0.4, -0.2) is 0 Å². The molecule has 4 aromatic carbocycles. The van der Waals surface area contributed by atoms with Gasteiger partial charge in [-0.2, -0.15) is 15.8 Å². The van der Waals surface area contributed by atoms with Crippen molar-refractivity contribution in [3.8, 4) is 18.2 Å². The van der Waals surface area contributed by atoms with E-state index >= 15 is 0 Å². The minimum absolute atomic E-state index is 0.0711. The zero-order chi connectivity index (χ0) is 23.8. The molecule has 0 spiro atoms. The normalized spacial score (nSPS) is 10.3. The van der Waals surface area contributed by atoms with Crippen molar-refractivity contribution in [2.45, 2.75) is 5.41 Å². The lowest BCUT2D eigenvalue weighted by atomic mass is 9.65. The zero-order valence-electron chi connectivity index (χ0n) is 18.3. The van der Waals surface area contributed by atoms with E-state index in [0.29, 0.717) is 5.69 Å². The molecule has 0 amide bonds. The average molecular weight is 437 g/mol.